The predicted molar refractivity (Wildman–Crippen MR) is 48.2 cm³/mol. The van der Waals surface area contributed by atoms with E-state index in [-0.39, 0.29) is 0 Å². The van der Waals surface area contributed by atoms with E-state index in [0.717, 1.165) is 12.8 Å². The SMILES string of the molecule is NC(C(=O)O)C(O)CC1CCCC1. The Labute approximate surface area is 77.7 Å². The molecule has 0 radical (unpaired) electrons. The third-order valence-electron chi connectivity index (χ3n) is 2.75. The van der Waals surface area contributed by atoms with Crippen LogP contribution in [0.1, 0.15) is 32.1 Å². The van der Waals surface area contributed by atoms with Crippen molar-refractivity contribution in [3.05, 3.63) is 0 Å². The van der Waals surface area contributed by atoms with E-state index < -0.39 is 18.1 Å². The van der Waals surface area contributed by atoms with Crippen LogP contribution in [0.5, 0.6) is 0 Å². The summed E-state index contributed by atoms with van der Waals surface area (Å²) in [5.41, 5.74) is 5.29. The number of hydrogen-bond acceptors (Lipinski definition) is 3. The third kappa shape index (κ3) is 2.97. The van der Waals surface area contributed by atoms with Crippen molar-refractivity contribution in [1.29, 1.82) is 0 Å². The van der Waals surface area contributed by atoms with Crippen LogP contribution in [0.3, 0.4) is 0 Å². The number of carboxylic acid groups (broad SMARTS) is 1. The summed E-state index contributed by atoms with van der Waals surface area (Å²) < 4.78 is 0. The van der Waals surface area contributed by atoms with Crippen LogP contribution in [-0.4, -0.2) is 28.3 Å². The first-order valence-corrected chi connectivity index (χ1v) is 4.77. The summed E-state index contributed by atoms with van der Waals surface area (Å²) in [5.74, 6) is -0.647. The zero-order chi connectivity index (χ0) is 9.84. The fourth-order valence-corrected chi connectivity index (χ4v) is 1.90. The topological polar surface area (TPSA) is 83.6 Å². The quantitative estimate of drug-likeness (QED) is 0.592. The molecule has 1 fully saturated rings. The maximum Gasteiger partial charge on any atom is 0.323 e. The molecule has 1 aliphatic rings. The molecule has 4 heteroatoms. The lowest BCUT2D eigenvalue weighted by Crippen LogP contribution is -2.42. The Morgan fingerprint density at radius 2 is 2.00 bits per heavy atom. The number of rotatable bonds is 4. The molecule has 4 nitrogen and oxygen atoms in total. The van der Waals surface area contributed by atoms with Crippen molar-refractivity contribution < 1.29 is 15.0 Å². The highest BCUT2D eigenvalue weighted by Gasteiger charge is 2.26. The van der Waals surface area contributed by atoms with Gasteiger partial charge in [0.1, 0.15) is 6.04 Å². The molecule has 0 heterocycles. The summed E-state index contributed by atoms with van der Waals surface area (Å²) in [4.78, 5) is 10.4. The van der Waals surface area contributed by atoms with Gasteiger partial charge < -0.3 is 15.9 Å². The minimum atomic E-state index is -1.12. The average molecular weight is 187 g/mol. The monoisotopic (exact) mass is 187 g/mol. The van der Waals surface area contributed by atoms with Crippen LogP contribution in [-0.2, 0) is 4.79 Å². The van der Waals surface area contributed by atoms with E-state index in [9.17, 15) is 9.90 Å². The van der Waals surface area contributed by atoms with Gasteiger partial charge in [0.2, 0.25) is 0 Å². The first-order chi connectivity index (χ1) is 6.11. The Balaban J connectivity index is 2.30. The van der Waals surface area contributed by atoms with E-state index in [4.69, 9.17) is 10.8 Å². The van der Waals surface area contributed by atoms with Crippen LogP contribution in [0.2, 0.25) is 0 Å². The standard InChI is InChI=1S/C9H17NO3/c10-8(9(12)13)7(11)5-6-3-1-2-4-6/h6-8,11H,1-5,10H2,(H,12,13). The van der Waals surface area contributed by atoms with Crippen molar-refractivity contribution in [2.75, 3.05) is 0 Å². The molecule has 13 heavy (non-hydrogen) atoms. The number of carbonyl (C=O) groups is 1. The highest BCUT2D eigenvalue weighted by atomic mass is 16.4. The largest absolute Gasteiger partial charge is 0.480 e. The zero-order valence-electron chi connectivity index (χ0n) is 7.65. The van der Waals surface area contributed by atoms with Crippen molar-refractivity contribution in [3.63, 3.8) is 0 Å². The van der Waals surface area contributed by atoms with E-state index in [2.05, 4.69) is 0 Å². The van der Waals surface area contributed by atoms with Gasteiger partial charge >= 0.3 is 5.97 Å². The van der Waals surface area contributed by atoms with Crippen LogP contribution >= 0.6 is 0 Å². The van der Waals surface area contributed by atoms with Crippen LogP contribution in [0.25, 0.3) is 0 Å². The fourth-order valence-electron chi connectivity index (χ4n) is 1.90. The summed E-state index contributed by atoms with van der Waals surface area (Å²) in [5, 5.41) is 18.0. The first-order valence-electron chi connectivity index (χ1n) is 4.77. The summed E-state index contributed by atoms with van der Waals surface area (Å²) in [7, 11) is 0. The number of aliphatic hydroxyl groups is 1. The Hall–Kier alpha value is -0.610. The van der Waals surface area contributed by atoms with Gasteiger partial charge in [-0.2, -0.15) is 0 Å². The molecule has 0 aliphatic heterocycles. The van der Waals surface area contributed by atoms with Gasteiger partial charge in [0.15, 0.2) is 0 Å². The first kappa shape index (κ1) is 10.5. The molecular formula is C9H17NO3. The Bertz CT molecular complexity index is 178. The second-order valence-corrected chi connectivity index (χ2v) is 3.82. The van der Waals surface area contributed by atoms with Crippen LogP contribution in [0, 0.1) is 5.92 Å². The maximum atomic E-state index is 10.4. The normalized spacial score (nSPS) is 22.9. The minimum absolute atomic E-state index is 0.473. The molecule has 0 saturated heterocycles. The van der Waals surface area contributed by atoms with E-state index in [1.165, 1.54) is 12.8 Å². The number of aliphatic carboxylic acids is 1. The smallest absolute Gasteiger partial charge is 0.323 e. The lowest BCUT2D eigenvalue weighted by atomic mass is 9.96. The molecule has 0 aromatic rings. The van der Waals surface area contributed by atoms with Crippen molar-refractivity contribution in [2.24, 2.45) is 11.7 Å². The molecule has 0 spiro atoms. The summed E-state index contributed by atoms with van der Waals surface area (Å²) >= 11 is 0. The Kier molecular flexibility index (Phi) is 3.69. The van der Waals surface area contributed by atoms with Crippen molar-refractivity contribution in [1.82, 2.24) is 0 Å². The molecule has 0 aromatic carbocycles. The Morgan fingerprint density at radius 3 is 2.46 bits per heavy atom. The molecule has 1 aliphatic carbocycles. The van der Waals surface area contributed by atoms with Gasteiger partial charge in [0, 0.05) is 0 Å². The van der Waals surface area contributed by atoms with Crippen molar-refractivity contribution >= 4 is 5.97 Å². The van der Waals surface area contributed by atoms with E-state index >= 15 is 0 Å². The highest BCUT2D eigenvalue weighted by molar-refractivity contribution is 5.73. The second kappa shape index (κ2) is 4.58. The van der Waals surface area contributed by atoms with Gasteiger partial charge in [0.05, 0.1) is 6.10 Å². The number of carboxylic acids is 1. The maximum absolute atomic E-state index is 10.4. The fraction of sp³-hybridized carbons (Fsp3) is 0.889. The van der Waals surface area contributed by atoms with Crippen LogP contribution in [0.4, 0.5) is 0 Å². The Morgan fingerprint density at radius 1 is 1.46 bits per heavy atom. The molecule has 0 bridgehead atoms. The van der Waals surface area contributed by atoms with Gasteiger partial charge in [0.25, 0.3) is 0 Å². The molecule has 76 valence electrons. The summed E-state index contributed by atoms with van der Waals surface area (Å²) in [6.45, 7) is 0. The molecular weight excluding hydrogens is 170 g/mol. The van der Waals surface area contributed by atoms with Gasteiger partial charge in [-0.05, 0) is 12.3 Å². The second-order valence-electron chi connectivity index (χ2n) is 3.82. The van der Waals surface area contributed by atoms with E-state index in [1.54, 1.807) is 0 Å². The third-order valence-corrected chi connectivity index (χ3v) is 2.75. The van der Waals surface area contributed by atoms with Crippen molar-refractivity contribution in [3.8, 4) is 0 Å². The number of hydrogen-bond donors (Lipinski definition) is 3. The van der Waals surface area contributed by atoms with Gasteiger partial charge in [-0.25, -0.2) is 0 Å². The molecule has 0 aromatic heterocycles. The zero-order valence-corrected chi connectivity index (χ0v) is 7.65. The van der Waals surface area contributed by atoms with Crippen molar-refractivity contribution in [2.45, 2.75) is 44.2 Å². The van der Waals surface area contributed by atoms with Gasteiger partial charge in [-0.3, -0.25) is 4.79 Å². The van der Waals surface area contributed by atoms with Crippen LogP contribution < -0.4 is 5.73 Å². The molecule has 1 rings (SSSR count). The molecule has 2 unspecified atom stereocenters. The van der Waals surface area contributed by atoms with E-state index in [0.29, 0.717) is 12.3 Å². The van der Waals surface area contributed by atoms with E-state index in [1.807, 2.05) is 0 Å². The minimum Gasteiger partial charge on any atom is -0.480 e. The lowest BCUT2D eigenvalue weighted by Gasteiger charge is -2.18. The predicted octanol–water partition coefficient (Wildman–Crippen LogP) is 0.339. The van der Waals surface area contributed by atoms with Gasteiger partial charge in [-0.15, -0.1) is 0 Å². The molecule has 2 atom stereocenters. The lowest BCUT2D eigenvalue weighted by molar-refractivity contribution is -0.141. The molecule has 0 amide bonds. The molecule has 1 saturated carbocycles. The molecule has 4 N–H and O–H groups in total. The van der Waals surface area contributed by atoms with Crippen LogP contribution in [0.15, 0.2) is 0 Å². The highest BCUT2D eigenvalue weighted by Crippen LogP contribution is 2.28. The number of aliphatic hydroxyl groups excluding tert-OH is 1. The van der Waals surface area contributed by atoms with Gasteiger partial charge in [-0.1, -0.05) is 25.7 Å². The summed E-state index contributed by atoms with van der Waals surface area (Å²) in [6, 6.07) is -1.12. The summed E-state index contributed by atoms with van der Waals surface area (Å²) in [6.07, 6.45) is 4.24. The average Bonchev–Trinajstić information content (AvgIpc) is 2.55. The number of nitrogens with two attached hydrogens (primary N) is 1.